The average molecular weight is 287 g/mol. The summed E-state index contributed by atoms with van der Waals surface area (Å²) in [6.07, 6.45) is 3.23. The average Bonchev–Trinajstić information content (AvgIpc) is 2.97. The lowest BCUT2D eigenvalue weighted by molar-refractivity contribution is -0.117. The van der Waals surface area contributed by atoms with Crippen LogP contribution in [-0.2, 0) is 10.4 Å². The molecule has 1 heterocycles. The lowest BCUT2D eigenvalue weighted by Gasteiger charge is -2.23. The van der Waals surface area contributed by atoms with E-state index in [9.17, 15) is 9.90 Å². The van der Waals surface area contributed by atoms with Crippen molar-refractivity contribution in [2.75, 3.05) is 6.54 Å². The van der Waals surface area contributed by atoms with Crippen molar-refractivity contribution in [2.45, 2.75) is 12.5 Å². The molecule has 0 saturated heterocycles. The molecule has 0 bridgehead atoms. The number of nitrogens with one attached hydrogen (secondary N) is 1. The van der Waals surface area contributed by atoms with Gasteiger partial charge < -0.3 is 10.4 Å². The molecule has 2 aromatic rings. The van der Waals surface area contributed by atoms with Gasteiger partial charge in [-0.25, -0.2) is 0 Å². The quantitative estimate of drug-likeness (QED) is 0.831. The zero-order chi connectivity index (χ0) is 14.4. The molecular formula is C16H17NO2S. The monoisotopic (exact) mass is 287 g/mol. The molecule has 0 fully saturated rings. The molecule has 20 heavy (non-hydrogen) atoms. The third-order valence-electron chi connectivity index (χ3n) is 2.97. The molecule has 3 nitrogen and oxygen atoms in total. The molecule has 1 aromatic heterocycles. The van der Waals surface area contributed by atoms with Gasteiger partial charge >= 0.3 is 0 Å². The Hall–Kier alpha value is -1.91. The molecule has 1 aromatic carbocycles. The highest BCUT2D eigenvalue weighted by Gasteiger charge is 2.22. The van der Waals surface area contributed by atoms with Gasteiger partial charge in [0.25, 0.3) is 0 Å². The highest BCUT2D eigenvalue weighted by molar-refractivity contribution is 7.08. The summed E-state index contributed by atoms with van der Waals surface area (Å²) in [5.74, 6) is -0.215. The Morgan fingerprint density at radius 2 is 2.10 bits per heavy atom. The molecule has 1 amide bonds. The second-order valence-corrected chi connectivity index (χ2v) is 5.53. The largest absolute Gasteiger partial charge is 0.384 e. The molecule has 0 spiro atoms. The van der Waals surface area contributed by atoms with Gasteiger partial charge in [0, 0.05) is 6.08 Å². The maximum absolute atomic E-state index is 11.7. The van der Waals surface area contributed by atoms with Crippen LogP contribution in [-0.4, -0.2) is 17.6 Å². The Morgan fingerprint density at radius 1 is 1.35 bits per heavy atom. The first kappa shape index (κ1) is 14.5. The van der Waals surface area contributed by atoms with Gasteiger partial charge in [0.1, 0.15) is 5.60 Å². The highest BCUT2D eigenvalue weighted by Crippen LogP contribution is 2.18. The lowest BCUT2D eigenvalue weighted by atomic mass is 9.96. The third kappa shape index (κ3) is 4.05. The number of carbonyl (C=O) groups excluding carboxylic acids is 1. The normalized spacial score (nSPS) is 14.1. The Morgan fingerprint density at radius 3 is 2.75 bits per heavy atom. The topological polar surface area (TPSA) is 49.3 Å². The summed E-state index contributed by atoms with van der Waals surface area (Å²) in [5, 5.41) is 17.0. The van der Waals surface area contributed by atoms with Crippen LogP contribution in [0.3, 0.4) is 0 Å². The molecular weight excluding hydrogens is 270 g/mol. The van der Waals surface area contributed by atoms with Crippen molar-refractivity contribution in [3.8, 4) is 0 Å². The van der Waals surface area contributed by atoms with Crippen molar-refractivity contribution < 1.29 is 9.90 Å². The Balaban J connectivity index is 1.90. The first-order valence-electron chi connectivity index (χ1n) is 6.34. The van der Waals surface area contributed by atoms with Crippen molar-refractivity contribution in [1.82, 2.24) is 5.32 Å². The van der Waals surface area contributed by atoms with E-state index in [0.717, 1.165) is 11.1 Å². The number of hydrogen-bond acceptors (Lipinski definition) is 3. The molecule has 0 radical (unpaired) electrons. The minimum absolute atomic E-state index is 0.170. The van der Waals surface area contributed by atoms with Gasteiger partial charge in [-0.05, 0) is 41.0 Å². The summed E-state index contributed by atoms with van der Waals surface area (Å²) in [5.41, 5.74) is 0.703. The van der Waals surface area contributed by atoms with E-state index < -0.39 is 5.60 Å². The van der Waals surface area contributed by atoms with Crippen LogP contribution < -0.4 is 5.32 Å². The fourth-order valence-corrected chi connectivity index (χ4v) is 2.39. The molecule has 0 unspecified atom stereocenters. The van der Waals surface area contributed by atoms with Gasteiger partial charge in [-0.15, -0.1) is 0 Å². The first-order chi connectivity index (χ1) is 9.58. The van der Waals surface area contributed by atoms with E-state index in [0.29, 0.717) is 0 Å². The lowest BCUT2D eigenvalue weighted by Crippen LogP contribution is -2.37. The van der Waals surface area contributed by atoms with Crippen LogP contribution in [0.5, 0.6) is 0 Å². The molecule has 0 saturated carbocycles. The maximum atomic E-state index is 11.7. The third-order valence-corrected chi connectivity index (χ3v) is 3.67. The molecule has 4 heteroatoms. The summed E-state index contributed by atoms with van der Waals surface area (Å²) in [6, 6.07) is 11.2. The molecule has 2 N–H and O–H groups in total. The molecule has 0 aliphatic heterocycles. The van der Waals surface area contributed by atoms with Crippen LogP contribution in [0.15, 0.2) is 53.2 Å². The van der Waals surface area contributed by atoms with Gasteiger partial charge in [0.15, 0.2) is 0 Å². The smallest absolute Gasteiger partial charge is 0.244 e. The zero-order valence-corrected chi connectivity index (χ0v) is 12.1. The van der Waals surface area contributed by atoms with Crippen molar-refractivity contribution in [2.24, 2.45) is 0 Å². The van der Waals surface area contributed by atoms with Crippen molar-refractivity contribution in [1.29, 1.82) is 0 Å². The number of benzene rings is 1. The highest BCUT2D eigenvalue weighted by atomic mass is 32.1. The fraction of sp³-hybridized carbons (Fsp3) is 0.188. The second kappa shape index (κ2) is 6.50. The molecule has 1 atom stereocenters. The van der Waals surface area contributed by atoms with E-state index in [2.05, 4.69) is 5.32 Å². The van der Waals surface area contributed by atoms with Crippen LogP contribution in [0.1, 0.15) is 18.1 Å². The summed E-state index contributed by atoms with van der Waals surface area (Å²) in [4.78, 5) is 11.7. The van der Waals surface area contributed by atoms with Gasteiger partial charge in [-0.1, -0.05) is 30.3 Å². The van der Waals surface area contributed by atoms with Crippen molar-refractivity contribution >= 4 is 23.3 Å². The number of amides is 1. The minimum atomic E-state index is -1.08. The van der Waals surface area contributed by atoms with E-state index in [-0.39, 0.29) is 12.5 Å². The summed E-state index contributed by atoms with van der Waals surface area (Å²) >= 11 is 1.58. The SMILES string of the molecule is C[C@](O)(CNC(=O)/C=C/c1ccsc1)c1ccccc1. The van der Waals surface area contributed by atoms with Gasteiger partial charge in [0.2, 0.25) is 5.91 Å². The Bertz CT molecular complexity index is 574. The first-order valence-corrected chi connectivity index (χ1v) is 7.28. The van der Waals surface area contributed by atoms with Gasteiger partial charge in [-0.3, -0.25) is 4.79 Å². The Kier molecular flexibility index (Phi) is 4.71. The van der Waals surface area contributed by atoms with Crippen LogP contribution in [0.2, 0.25) is 0 Å². The standard InChI is InChI=1S/C16H17NO2S/c1-16(19,14-5-3-2-4-6-14)12-17-15(18)8-7-13-9-10-20-11-13/h2-11,19H,12H2,1H3,(H,17,18)/b8-7+/t16-/m0/s1. The van der Waals surface area contributed by atoms with Gasteiger partial charge in [-0.2, -0.15) is 11.3 Å². The number of rotatable bonds is 5. The minimum Gasteiger partial charge on any atom is -0.384 e. The van der Waals surface area contributed by atoms with Crippen LogP contribution >= 0.6 is 11.3 Å². The van der Waals surface area contributed by atoms with E-state index in [4.69, 9.17) is 0 Å². The zero-order valence-electron chi connectivity index (χ0n) is 11.2. The van der Waals surface area contributed by atoms with Crippen LogP contribution in [0, 0.1) is 0 Å². The predicted molar refractivity (Wildman–Crippen MR) is 82.4 cm³/mol. The van der Waals surface area contributed by atoms with E-state index >= 15 is 0 Å². The molecule has 0 aliphatic rings. The van der Waals surface area contributed by atoms with Crippen molar-refractivity contribution in [3.05, 3.63) is 64.4 Å². The predicted octanol–water partition coefficient (Wildman–Crippen LogP) is 2.79. The number of thiophene rings is 1. The molecule has 0 aliphatic carbocycles. The summed E-state index contributed by atoms with van der Waals surface area (Å²) in [6.45, 7) is 1.86. The molecule has 2 rings (SSSR count). The number of aliphatic hydroxyl groups is 1. The van der Waals surface area contributed by atoms with Gasteiger partial charge in [0.05, 0.1) is 6.54 Å². The maximum Gasteiger partial charge on any atom is 0.244 e. The fourth-order valence-electron chi connectivity index (χ4n) is 1.76. The summed E-state index contributed by atoms with van der Waals surface area (Å²) in [7, 11) is 0. The van der Waals surface area contributed by atoms with Crippen LogP contribution in [0.25, 0.3) is 6.08 Å². The van der Waals surface area contributed by atoms with Crippen LogP contribution in [0.4, 0.5) is 0 Å². The van der Waals surface area contributed by atoms with E-state index in [1.165, 1.54) is 6.08 Å². The van der Waals surface area contributed by atoms with E-state index in [1.54, 1.807) is 24.3 Å². The number of hydrogen-bond donors (Lipinski definition) is 2. The Labute approximate surface area is 122 Å². The van der Waals surface area contributed by atoms with E-state index in [1.807, 2.05) is 47.2 Å². The second-order valence-electron chi connectivity index (χ2n) is 4.75. The summed E-state index contributed by atoms with van der Waals surface area (Å²) < 4.78 is 0. The number of carbonyl (C=O) groups is 1. The molecule has 104 valence electrons. The van der Waals surface area contributed by atoms with Crippen molar-refractivity contribution in [3.63, 3.8) is 0 Å².